The Labute approximate surface area is 147 Å². The summed E-state index contributed by atoms with van der Waals surface area (Å²) in [4.78, 5) is 11.9. The van der Waals surface area contributed by atoms with Crippen LogP contribution in [0.4, 0.5) is 0 Å². The Morgan fingerprint density at radius 3 is 2.68 bits per heavy atom. The number of carbonyl (C=O) groups is 1. The lowest BCUT2D eigenvalue weighted by Crippen LogP contribution is -2.01. The van der Waals surface area contributed by atoms with Crippen molar-refractivity contribution in [2.75, 3.05) is 7.11 Å². The summed E-state index contributed by atoms with van der Waals surface area (Å²) in [5, 5.41) is 9.94. The van der Waals surface area contributed by atoms with E-state index >= 15 is 0 Å². The summed E-state index contributed by atoms with van der Waals surface area (Å²) in [5.41, 5.74) is 4.06. The second-order valence-electron chi connectivity index (χ2n) is 5.96. The highest BCUT2D eigenvalue weighted by molar-refractivity contribution is 5.96. The van der Waals surface area contributed by atoms with E-state index in [9.17, 15) is 4.79 Å². The number of rotatable bonds is 6. The predicted molar refractivity (Wildman–Crippen MR) is 97.4 cm³/mol. The van der Waals surface area contributed by atoms with Crippen molar-refractivity contribution >= 4 is 16.9 Å². The predicted octanol–water partition coefficient (Wildman–Crippen LogP) is 4.13. The number of aryl methyl sites for hydroxylation is 3. The van der Waals surface area contributed by atoms with Crippen molar-refractivity contribution < 1.29 is 9.53 Å². The number of hydrogen-bond acceptors (Lipinski definition) is 3. The van der Waals surface area contributed by atoms with Gasteiger partial charge in [0, 0.05) is 23.6 Å². The van der Waals surface area contributed by atoms with Gasteiger partial charge in [-0.15, -0.1) is 0 Å². The van der Waals surface area contributed by atoms with E-state index in [0.717, 1.165) is 23.7 Å². The molecule has 126 valence electrons. The fourth-order valence-electron chi connectivity index (χ4n) is 3.09. The topological polar surface area (TPSA) is 55.0 Å². The molecule has 0 radical (unpaired) electrons. The Balaban J connectivity index is 1.96. The van der Waals surface area contributed by atoms with Crippen molar-refractivity contribution in [2.24, 2.45) is 0 Å². The zero-order valence-corrected chi connectivity index (χ0v) is 14.2. The van der Waals surface area contributed by atoms with Gasteiger partial charge in [0.2, 0.25) is 0 Å². The molecule has 0 spiro atoms. The SMILES string of the molecule is COC(=O)c1ccc2c(c1)c(CCc1ccccc1)cn2CCC#N. The third-order valence-electron chi connectivity index (χ3n) is 4.38. The van der Waals surface area contributed by atoms with Crippen LogP contribution >= 0.6 is 0 Å². The van der Waals surface area contributed by atoms with Gasteiger partial charge in [0.15, 0.2) is 0 Å². The van der Waals surface area contributed by atoms with Crippen molar-refractivity contribution in [3.8, 4) is 6.07 Å². The third kappa shape index (κ3) is 3.72. The van der Waals surface area contributed by atoms with E-state index in [1.807, 2.05) is 30.3 Å². The van der Waals surface area contributed by atoms with Crippen LogP contribution in [-0.2, 0) is 24.1 Å². The lowest BCUT2D eigenvalue weighted by atomic mass is 10.0. The quantitative estimate of drug-likeness (QED) is 0.638. The summed E-state index contributed by atoms with van der Waals surface area (Å²) in [7, 11) is 1.39. The van der Waals surface area contributed by atoms with Gasteiger partial charge in [-0.05, 0) is 42.2 Å². The van der Waals surface area contributed by atoms with Crippen LogP contribution in [0.3, 0.4) is 0 Å². The lowest BCUT2D eigenvalue weighted by Gasteiger charge is -2.04. The first kappa shape index (κ1) is 16.8. The summed E-state index contributed by atoms with van der Waals surface area (Å²) in [6.07, 6.45) is 4.37. The molecule has 25 heavy (non-hydrogen) atoms. The first-order valence-electron chi connectivity index (χ1n) is 8.34. The molecule has 4 nitrogen and oxygen atoms in total. The highest BCUT2D eigenvalue weighted by Crippen LogP contribution is 2.25. The molecule has 0 saturated carbocycles. The van der Waals surface area contributed by atoms with Crippen LogP contribution < -0.4 is 0 Å². The van der Waals surface area contributed by atoms with Gasteiger partial charge in [0.1, 0.15) is 0 Å². The van der Waals surface area contributed by atoms with E-state index in [2.05, 4.69) is 29.0 Å². The molecular formula is C21H20N2O2. The van der Waals surface area contributed by atoms with Gasteiger partial charge in [-0.2, -0.15) is 5.26 Å². The zero-order valence-electron chi connectivity index (χ0n) is 14.2. The summed E-state index contributed by atoms with van der Waals surface area (Å²) < 4.78 is 6.93. The normalized spacial score (nSPS) is 10.6. The van der Waals surface area contributed by atoms with Crippen molar-refractivity contribution in [3.05, 3.63) is 71.4 Å². The Morgan fingerprint density at radius 1 is 1.16 bits per heavy atom. The Morgan fingerprint density at radius 2 is 1.96 bits per heavy atom. The Kier molecular flexibility index (Phi) is 5.15. The Bertz CT molecular complexity index is 920. The molecule has 3 rings (SSSR count). The van der Waals surface area contributed by atoms with Gasteiger partial charge in [-0.1, -0.05) is 30.3 Å². The van der Waals surface area contributed by atoms with Gasteiger partial charge >= 0.3 is 5.97 Å². The van der Waals surface area contributed by atoms with Crippen LogP contribution in [0.2, 0.25) is 0 Å². The second kappa shape index (κ2) is 7.67. The number of ether oxygens (including phenoxy) is 1. The molecule has 0 amide bonds. The van der Waals surface area contributed by atoms with E-state index in [-0.39, 0.29) is 5.97 Å². The number of nitrogens with zero attached hydrogens (tertiary/aromatic N) is 2. The second-order valence-corrected chi connectivity index (χ2v) is 5.96. The maximum absolute atomic E-state index is 11.9. The lowest BCUT2D eigenvalue weighted by molar-refractivity contribution is 0.0601. The minimum atomic E-state index is -0.333. The van der Waals surface area contributed by atoms with E-state index in [1.165, 1.54) is 18.2 Å². The molecule has 0 N–H and O–H groups in total. The highest BCUT2D eigenvalue weighted by atomic mass is 16.5. The maximum atomic E-state index is 11.9. The standard InChI is InChI=1S/C21H20N2O2/c1-25-21(24)17-10-11-20-19(14-17)18(15-23(20)13-5-12-22)9-8-16-6-3-2-4-7-16/h2-4,6-7,10-11,14-15H,5,8-9,13H2,1H3. The number of hydrogen-bond donors (Lipinski definition) is 0. The van der Waals surface area contributed by atoms with Crippen molar-refractivity contribution in [1.29, 1.82) is 5.26 Å². The average molecular weight is 332 g/mol. The van der Waals surface area contributed by atoms with Crippen LogP contribution in [0.25, 0.3) is 10.9 Å². The minimum Gasteiger partial charge on any atom is -0.465 e. The number of methoxy groups -OCH3 is 1. The van der Waals surface area contributed by atoms with E-state index in [4.69, 9.17) is 10.00 Å². The monoisotopic (exact) mass is 332 g/mol. The molecule has 3 aromatic rings. The molecule has 0 aliphatic carbocycles. The number of fused-ring (bicyclic) bond motifs is 1. The summed E-state index contributed by atoms with van der Waals surface area (Å²) in [6, 6.07) is 18.1. The summed E-state index contributed by atoms with van der Waals surface area (Å²) in [6.45, 7) is 0.649. The van der Waals surface area contributed by atoms with Crippen LogP contribution in [0.15, 0.2) is 54.7 Å². The highest BCUT2D eigenvalue weighted by Gasteiger charge is 2.13. The first-order chi connectivity index (χ1) is 12.2. The molecule has 2 aromatic carbocycles. The van der Waals surface area contributed by atoms with E-state index < -0.39 is 0 Å². The third-order valence-corrected chi connectivity index (χ3v) is 4.38. The molecule has 0 saturated heterocycles. The molecule has 1 heterocycles. The largest absolute Gasteiger partial charge is 0.465 e. The van der Waals surface area contributed by atoms with Gasteiger partial charge in [0.25, 0.3) is 0 Å². The summed E-state index contributed by atoms with van der Waals surface area (Å²) >= 11 is 0. The van der Waals surface area contributed by atoms with Gasteiger partial charge in [-0.25, -0.2) is 4.79 Å². The van der Waals surface area contributed by atoms with E-state index in [1.54, 1.807) is 6.07 Å². The van der Waals surface area contributed by atoms with Crippen LogP contribution in [0, 0.1) is 11.3 Å². The number of esters is 1. The zero-order chi connectivity index (χ0) is 17.6. The molecule has 0 aliphatic heterocycles. The van der Waals surface area contributed by atoms with Crippen molar-refractivity contribution in [2.45, 2.75) is 25.8 Å². The van der Waals surface area contributed by atoms with Crippen molar-refractivity contribution in [1.82, 2.24) is 4.57 Å². The fraction of sp³-hybridized carbons (Fsp3) is 0.238. The van der Waals surface area contributed by atoms with Crippen molar-refractivity contribution in [3.63, 3.8) is 0 Å². The Hall–Kier alpha value is -3.06. The molecule has 0 bridgehead atoms. The molecule has 0 fully saturated rings. The van der Waals surface area contributed by atoms with Gasteiger partial charge in [0.05, 0.1) is 25.2 Å². The smallest absolute Gasteiger partial charge is 0.337 e. The summed E-state index contributed by atoms with van der Waals surface area (Å²) in [5.74, 6) is -0.333. The molecule has 0 aliphatic rings. The molecule has 0 atom stereocenters. The minimum absolute atomic E-state index is 0.333. The number of benzene rings is 2. The van der Waals surface area contributed by atoms with Crippen LogP contribution in [0.1, 0.15) is 27.9 Å². The molecule has 4 heteroatoms. The van der Waals surface area contributed by atoms with Gasteiger partial charge in [-0.3, -0.25) is 0 Å². The molecule has 0 unspecified atom stereocenters. The number of nitriles is 1. The molecule has 1 aromatic heterocycles. The number of aromatic nitrogens is 1. The van der Waals surface area contributed by atoms with Crippen LogP contribution in [0.5, 0.6) is 0 Å². The fourth-order valence-corrected chi connectivity index (χ4v) is 3.09. The van der Waals surface area contributed by atoms with Crippen LogP contribution in [-0.4, -0.2) is 17.6 Å². The van der Waals surface area contributed by atoms with Gasteiger partial charge < -0.3 is 9.30 Å². The number of carbonyl (C=O) groups excluding carboxylic acids is 1. The molecular weight excluding hydrogens is 312 g/mol. The van der Waals surface area contributed by atoms with E-state index in [0.29, 0.717) is 18.5 Å². The maximum Gasteiger partial charge on any atom is 0.337 e. The first-order valence-corrected chi connectivity index (χ1v) is 8.34. The average Bonchev–Trinajstić information content (AvgIpc) is 3.02.